The molecule has 1 saturated heterocycles. The zero-order chi connectivity index (χ0) is 12.4. The first-order valence-corrected chi connectivity index (χ1v) is 6.69. The molecule has 0 aromatic carbocycles. The molecule has 2 aromatic rings. The molecule has 3 heterocycles. The van der Waals surface area contributed by atoms with Gasteiger partial charge in [0.15, 0.2) is 0 Å². The zero-order valence-corrected chi connectivity index (χ0v) is 10.7. The molecule has 96 valence electrons. The van der Waals surface area contributed by atoms with Crippen LogP contribution in [-0.2, 0) is 0 Å². The molecule has 4 nitrogen and oxygen atoms in total. The summed E-state index contributed by atoms with van der Waals surface area (Å²) in [6, 6.07) is 4.50. The van der Waals surface area contributed by atoms with E-state index in [9.17, 15) is 0 Å². The van der Waals surface area contributed by atoms with E-state index in [4.69, 9.17) is 4.42 Å². The lowest BCUT2D eigenvalue weighted by atomic mass is 10.2. The highest BCUT2D eigenvalue weighted by atomic mass is 16.3. The summed E-state index contributed by atoms with van der Waals surface area (Å²) in [4.78, 5) is 7.01. The van der Waals surface area contributed by atoms with Crippen molar-refractivity contribution in [3.8, 4) is 0 Å². The van der Waals surface area contributed by atoms with Crippen LogP contribution in [0, 0.1) is 0 Å². The van der Waals surface area contributed by atoms with Gasteiger partial charge in [0.25, 0.3) is 0 Å². The van der Waals surface area contributed by atoms with Gasteiger partial charge in [-0.15, -0.1) is 0 Å². The second kappa shape index (κ2) is 4.98. The average Bonchev–Trinajstić information content (AvgIpc) is 3.06. The van der Waals surface area contributed by atoms with E-state index in [1.807, 2.05) is 18.3 Å². The Morgan fingerprint density at radius 1 is 1.50 bits per heavy atom. The molecule has 18 heavy (non-hydrogen) atoms. The number of aromatic nitrogens is 1. The van der Waals surface area contributed by atoms with Gasteiger partial charge < -0.3 is 14.6 Å². The molecule has 3 rings (SSSR count). The van der Waals surface area contributed by atoms with Crippen LogP contribution in [0.2, 0.25) is 0 Å². The number of pyridine rings is 1. The van der Waals surface area contributed by atoms with Crippen molar-refractivity contribution in [3.63, 3.8) is 0 Å². The van der Waals surface area contributed by atoms with Crippen molar-refractivity contribution in [1.82, 2.24) is 10.3 Å². The minimum absolute atomic E-state index is 0.554. The highest BCUT2D eigenvalue weighted by molar-refractivity contribution is 5.88. The first-order valence-electron chi connectivity index (χ1n) is 6.69. The molecular formula is C14H19N3O. The van der Waals surface area contributed by atoms with Crippen LogP contribution in [0.5, 0.6) is 0 Å². The minimum Gasteiger partial charge on any atom is -0.464 e. The Kier molecular flexibility index (Phi) is 3.19. The van der Waals surface area contributed by atoms with Gasteiger partial charge in [0, 0.05) is 25.3 Å². The Hall–Kier alpha value is -1.55. The van der Waals surface area contributed by atoms with Gasteiger partial charge in [-0.2, -0.15) is 0 Å². The molecule has 0 radical (unpaired) electrons. The summed E-state index contributed by atoms with van der Waals surface area (Å²) >= 11 is 0. The second-order valence-corrected chi connectivity index (χ2v) is 4.81. The summed E-state index contributed by atoms with van der Waals surface area (Å²) in [6.45, 7) is 5.41. The maximum atomic E-state index is 5.47. The third-order valence-corrected chi connectivity index (χ3v) is 3.57. The topological polar surface area (TPSA) is 41.3 Å². The molecule has 0 amide bonds. The number of nitrogens with one attached hydrogen (secondary N) is 1. The molecule has 4 heteroatoms. The van der Waals surface area contributed by atoms with Crippen molar-refractivity contribution in [3.05, 3.63) is 24.6 Å². The van der Waals surface area contributed by atoms with Crippen LogP contribution in [-0.4, -0.2) is 30.7 Å². The van der Waals surface area contributed by atoms with Crippen LogP contribution >= 0.6 is 0 Å². The normalized spacial score (nSPS) is 19.5. The molecule has 0 aliphatic carbocycles. The van der Waals surface area contributed by atoms with Gasteiger partial charge >= 0.3 is 0 Å². The first kappa shape index (κ1) is 11.5. The van der Waals surface area contributed by atoms with Gasteiger partial charge in [0.05, 0.1) is 11.6 Å². The lowest BCUT2D eigenvalue weighted by Crippen LogP contribution is -2.38. The fraction of sp³-hybridized carbons (Fsp3) is 0.500. The molecule has 0 spiro atoms. The molecule has 1 N–H and O–H groups in total. The van der Waals surface area contributed by atoms with Gasteiger partial charge in [0.1, 0.15) is 11.4 Å². The third-order valence-electron chi connectivity index (χ3n) is 3.57. The molecule has 0 saturated carbocycles. The Labute approximate surface area is 107 Å². The van der Waals surface area contributed by atoms with Crippen molar-refractivity contribution >= 4 is 16.8 Å². The van der Waals surface area contributed by atoms with Crippen LogP contribution in [0.3, 0.4) is 0 Å². The van der Waals surface area contributed by atoms with E-state index >= 15 is 0 Å². The molecule has 0 bridgehead atoms. The quantitative estimate of drug-likeness (QED) is 0.898. The van der Waals surface area contributed by atoms with Crippen LogP contribution in [0.1, 0.15) is 19.8 Å². The number of nitrogens with zero attached hydrogens (tertiary/aromatic N) is 2. The summed E-state index contributed by atoms with van der Waals surface area (Å²) < 4.78 is 5.47. The number of hydrogen-bond donors (Lipinski definition) is 1. The lowest BCUT2D eigenvalue weighted by Gasteiger charge is -2.29. The molecule has 1 aliphatic rings. The van der Waals surface area contributed by atoms with Gasteiger partial charge in [0.2, 0.25) is 0 Å². The smallest absolute Gasteiger partial charge is 0.139 e. The Morgan fingerprint density at radius 3 is 3.22 bits per heavy atom. The van der Waals surface area contributed by atoms with E-state index in [0.717, 1.165) is 42.8 Å². The van der Waals surface area contributed by atoms with Crippen molar-refractivity contribution in [2.24, 2.45) is 0 Å². The number of rotatable bonds is 4. The molecule has 2 aromatic heterocycles. The van der Waals surface area contributed by atoms with E-state index in [-0.39, 0.29) is 0 Å². The summed E-state index contributed by atoms with van der Waals surface area (Å²) in [6.07, 6.45) is 5.90. The number of furan rings is 1. The molecule has 1 atom stereocenters. The third kappa shape index (κ3) is 1.97. The Balaban J connectivity index is 2.00. The van der Waals surface area contributed by atoms with Crippen molar-refractivity contribution in [2.75, 3.05) is 24.5 Å². The monoisotopic (exact) mass is 245 g/mol. The van der Waals surface area contributed by atoms with Crippen molar-refractivity contribution in [1.29, 1.82) is 0 Å². The standard InChI is InChI=1S/C14H19N3O/c1-2-8-17(11-3-6-15-10-11)14-12-5-9-18-13(12)4-7-16-14/h4-5,7,9,11,15H,2-3,6,8,10H2,1H3. The van der Waals surface area contributed by atoms with Crippen molar-refractivity contribution in [2.45, 2.75) is 25.8 Å². The predicted octanol–water partition coefficient (Wildman–Crippen LogP) is 2.41. The van der Waals surface area contributed by atoms with E-state index < -0.39 is 0 Å². The second-order valence-electron chi connectivity index (χ2n) is 4.81. The van der Waals surface area contributed by atoms with E-state index in [0.29, 0.717) is 6.04 Å². The van der Waals surface area contributed by atoms with Crippen LogP contribution < -0.4 is 10.2 Å². The Morgan fingerprint density at radius 2 is 2.44 bits per heavy atom. The molecular weight excluding hydrogens is 226 g/mol. The van der Waals surface area contributed by atoms with E-state index in [1.54, 1.807) is 6.26 Å². The predicted molar refractivity (Wildman–Crippen MR) is 72.9 cm³/mol. The van der Waals surface area contributed by atoms with Crippen LogP contribution in [0.4, 0.5) is 5.82 Å². The van der Waals surface area contributed by atoms with Gasteiger partial charge in [-0.1, -0.05) is 6.92 Å². The molecule has 1 aliphatic heterocycles. The maximum absolute atomic E-state index is 5.47. The van der Waals surface area contributed by atoms with E-state index in [2.05, 4.69) is 22.1 Å². The molecule has 1 fully saturated rings. The number of anilines is 1. The summed E-state index contributed by atoms with van der Waals surface area (Å²) in [5, 5.41) is 4.55. The van der Waals surface area contributed by atoms with Crippen LogP contribution in [0.15, 0.2) is 29.0 Å². The van der Waals surface area contributed by atoms with E-state index in [1.165, 1.54) is 6.42 Å². The maximum Gasteiger partial charge on any atom is 0.139 e. The fourth-order valence-corrected chi connectivity index (χ4v) is 2.72. The average molecular weight is 245 g/mol. The van der Waals surface area contributed by atoms with Gasteiger partial charge in [-0.25, -0.2) is 4.98 Å². The van der Waals surface area contributed by atoms with Gasteiger partial charge in [-0.05, 0) is 31.5 Å². The SMILES string of the molecule is CCCN(c1nccc2occc12)C1CCNC1. The number of hydrogen-bond acceptors (Lipinski definition) is 4. The zero-order valence-electron chi connectivity index (χ0n) is 10.7. The largest absolute Gasteiger partial charge is 0.464 e. The first-order chi connectivity index (χ1) is 8.90. The summed E-state index contributed by atoms with van der Waals surface area (Å²) in [5.41, 5.74) is 0.923. The highest BCUT2D eigenvalue weighted by Gasteiger charge is 2.24. The minimum atomic E-state index is 0.554. The Bertz CT molecular complexity index is 516. The van der Waals surface area contributed by atoms with Crippen LogP contribution in [0.25, 0.3) is 11.0 Å². The molecule has 1 unspecified atom stereocenters. The fourth-order valence-electron chi connectivity index (χ4n) is 2.72. The lowest BCUT2D eigenvalue weighted by molar-refractivity contribution is 0.611. The summed E-state index contributed by atoms with van der Waals surface area (Å²) in [7, 11) is 0. The number of fused-ring (bicyclic) bond motifs is 1. The van der Waals surface area contributed by atoms with Crippen molar-refractivity contribution < 1.29 is 4.42 Å². The van der Waals surface area contributed by atoms with Gasteiger partial charge in [-0.3, -0.25) is 0 Å². The highest BCUT2D eigenvalue weighted by Crippen LogP contribution is 2.28. The summed E-state index contributed by atoms with van der Waals surface area (Å²) in [5.74, 6) is 1.07.